The fourth-order valence-electron chi connectivity index (χ4n) is 0.924. The maximum atomic E-state index is 13.0. The van der Waals surface area contributed by atoms with Gasteiger partial charge in [0.2, 0.25) is 0 Å². The second-order valence-electron chi connectivity index (χ2n) is 3.22. The molecule has 15 heavy (non-hydrogen) atoms. The molecule has 88 valence electrons. The molecule has 1 unspecified atom stereocenters. The van der Waals surface area contributed by atoms with E-state index in [2.05, 4.69) is 17.4 Å². The molecule has 0 rings (SSSR count). The van der Waals surface area contributed by atoms with Gasteiger partial charge in [0.15, 0.2) is 6.10 Å². The fraction of sp³-hybridized carbons (Fsp3) is 0.750. The highest BCUT2D eigenvalue weighted by Gasteiger charge is 2.45. The predicted octanol–water partition coefficient (Wildman–Crippen LogP) is -0.131. The molecular formula is C8H11F2O4S-. The molecule has 0 aliphatic heterocycles. The van der Waals surface area contributed by atoms with Gasteiger partial charge in [0, 0.05) is 0 Å². The van der Waals surface area contributed by atoms with Gasteiger partial charge in [-0.2, -0.15) is 21.4 Å². The first-order valence-electron chi connectivity index (χ1n) is 4.13. The molecule has 0 fully saturated rings. The van der Waals surface area contributed by atoms with Gasteiger partial charge in [-0.25, -0.2) is 0 Å². The van der Waals surface area contributed by atoms with Crippen LogP contribution in [0.3, 0.4) is 0 Å². The number of halogens is 2. The van der Waals surface area contributed by atoms with Crippen molar-refractivity contribution in [1.29, 1.82) is 0 Å². The monoisotopic (exact) mass is 241 g/mol. The third-order valence-corrected chi connectivity index (χ3v) is 1.88. The third-order valence-electron chi connectivity index (χ3n) is 1.62. The zero-order valence-electron chi connectivity index (χ0n) is 8.20. The second kappa shape index (κ2) is 5.29. The van der Waals surface area contributed by atoms with Crippen molar-refractivity contribution in [1.82, 2.24) is 0 Å². The number of hydrogen-bond acceptors (Lipinski definition) is 5. The van der Waals surface area contributed by atoms with E-state index >= 15 is 0 Å². The molecule has 0 aliphatic rings. The van der Waals surface area contributed by atoms with Crippen LogP contribution >= 0.6 is 12.6 Å². The summed E-state index contributed by atoms with van der Waals surface area (Å²) in [6.07, 6.45) is -2.04. The van der Waals surface area contributed by atoms with Crippen molar-refractivity contribution < 1.29 is 28.2 Å². The van der Waals surface area contributed by atoms with E-state index in [-0.39, 0.29) is 0 Å². The Labute approximate surface area is 91.0 Å². The smallest absolute Gasteiger partial charge is 0.323 e. The highest BCUT2D eigenvalue weighted by molar-refractivity contribution is 7.81. The van der Waals surface area contributed by atoms with Crippen molar-refractivity contribution in [3.05, 3.63) is 0 Å². The van der Waals surface area contributed by atoms with Gasteiger partial charge in [0.1, 0.15) is 5.97 Å². The van der Waals surface area contributed by atoms with Crippen molar-refractivity contribution in [3.8, 4) is 0 Å². The quantitative estimate of drug-likeness (QED) is 0.538. The molecule has 0 aromatic heterocycles. The minimum Gasteiger partial charge on any atom is -0.544 e. The molecule has 0 aliphatic carbocycles. The largest absolute Gasteiger partial charge is 0.544 e. The second-order valence-corrected chi connectivity index (χ2v) is 3.54. The Morgan fingerprint density at radius 1 is 1.47 bits per heavy atom. The van der Waals surface area contributed by atoms with E-state index in [4.69, 9.17) is 0 Å². The number of carboxylic acid groups (broad SMARTS) is 1. The number of esters is 1. The van der Waals surface area contributed by atoms with Crippen molar-refractivity contribution in [2.24, 2.45) is 5.92 Å². The van der Waals surface area contributed by atoms with Crippen molar-refractivity contribution in [3.63, 3.8) is 0 Å². The first-order chi connectivity index (χ1) is 6.73. The molecule has 0 saturated heterocycles. The topological polar surface area (TPSA) is 66.4 Å². The molecule has 0 saturated carbocycles. The summed E-state index contributed by atoms with van der Waals surface area (Å²) in [6, 6.07) is 0. The van der Waals surface area contributed by atoms with Crippen LogP contribution in [0, 0.1) is 5.92 Å². The molecule has 0 heterocycles. The zero-order valence-corrected chi connectivity index (χ0v) is 9.09. The van der Waals surface area contributed by atoms with Gasteiger partial charge < -0.3 is 14.6 Å². The number of carbonyl (C=O) groups is 2. The maximum Gasteiger partial charge on any atom is 0.323 e. The van der Waals surface area contributed by atoms with Gasteiger partial charge in [0.25, 0.3) is 0 Å². The molecule has 7 heteroatoms. The van der Waals surface area contributed by atoms with Crippen LogP contribution in [0.25, 0.3) is 0 Å². The maximum absolute atomic E-state index is 13.0. The lowest BCUT2D eigenvalue weighted by Gasteiger charge is -2.29. The van der Waals surface area contributed by atoms with Gasteiger partial charge in [-0.3, -0.25) is 4.79 Å². The number of hydrogen-bond donors (Lipinski definition) is 1. The van der Waals surface area contributed by atoms with E-state index in [1.165, 1.54) is 13.8 Å². The fourth-order valence-corrected chi connectivity index (χ4v) is 0.998. The predicted molar refractivity (Wildman–Crippen MR) is 48.5 cm³/mol. The number of rotatable bonds is 5. The van der Waals surface area contributed by atoms with Crippen LogP contribution in [-0.2, 0) is 14.3 Å². The van der Waals surface area contributed by atoms with Gasteiger partial charge >= 0.3 is 11.9 Å². The SMILES string of the molecule is CC(C)C(OC(=O)CS)C(F)(F)C(=O)[O-]. The molecule has 0 spiro atoms. The summed E-state index contributed by atoms with van der Waals surface area (Å²) < 4.78 is 30.3. The molecule has 0 aromatic rings. The van der Waals surface area contributed by atoms with Crippen LogP contribution in [0.5, 0.6) is 0 Å². The van der Waals surface area contributed by atoms with Crippen molar-refractivity contribution in [2.75, 3.05) is 5.75 Å². The molecule has 0 radical (unpaired) electrons. The third kappa shape index (κ3) is 3.65. The Bertz CT molecular complexity index is 255. The van der Waals surface area contributed by atoms with E-state index < -0.39 is 35.6 Å². The van der Waals surface area contributed by atoms with Gasteiger partial charge in [0.05, 0.1) is 5.75 Å². The molecular weight excluding hydrogens is 230 g/mol. The number of thiol groups is 1. The van der Waals surface area contributed by atoms with Crippen LogP contribution in [0.2, 0.25) is 0 Å². The summed E-state index contributed by atoms with van der Waals surface area (Å²) in [7, 11) is 0. The Morgan fingerprint density at radius 2 is 1.93 bits per heavy atom. The molecule has 0 aromatic carbocycles. The van der Waals surface area contributed by atoms with E-state index in [1.54, 1.807) is 0 Å². The lowest BCUT2D eigenvalue weighted by molar-refractivity contribution is -0.337. The Kier molecular flexibility index (Phi) is 4.99. The first kappa shape index (κ1) is 14.2. The number of carbonyl (C=O) groups excluding carboxylic acids is 2. The molecule has 4 nitrogen and oxygen atoms in total. The van der Waals surface area contributed by atoms with E-state index in [1.807, 2.05) is 0 Å². The molecule has 0 N–H and O–H groups in total. The molecule has 0 amide bonds. The van der Waals surface area contributed by atoms with Crippen LogP contribution in [-0.4, -0.2) is 29.7 Å². The van der Waals surface area contributed by atoms with Crippen LogP contribution in [0.4, 0.5) is 8.78 Å². The van der Waals surface area contributed by atoms with Crippen molar-refractivity contribution >= 4 is 24.6 Å². The van der Waals surface area contributed by atoms with Gasteiger partial charge in [-0.15, -0.1) is 0 Å². The normalized spacial score (nSPS) is 13.7. The Balaban J connectivity index is 4.81. The van der Waals surface area contributed by atoms with Gasteiger partial charge in [-0.1, -0.05) is 13.8 Å². The minimum absolute atomic E-state index is 0.396. The highest BCUT2D eigenvalue weighted by atomic mass is 32.1. The number of alkyl halides is 2. The number of carboxylic acids is 1. The van der Waals surface area contributed by atoms with Crippen LogP contribution in [0.1, 0.15) is 13.8 Å². The van der Waals surface area contributed by atoms with Crippen LogP contribution < -0.4 is 5.11 Å². The number of aliphatic carboxylic acids is 1. The van der Waals surface area contributed by atoms with E-state index in [0.717, 1.165) is 0 Å². The van der Waals surface area contributed by atoms with E-state index in [9.17, 15) is 23.5 Å². The zero-order chi connectivity index (χ0) is 12.2. The minimum atomic E-state index is -4.20. The standard InChI is InChI=1S/C8H12F2O4S/c1-4(2)6(14-5(11)3-15)8(9,10)7(12)13/h4,6,15H,3H2,1-2H3,(H,12,13)/p-1. The average molecular weight is 241 g/mol. The first-order valence-corrected chi connectivity index (χ1v) is 4.76. The number of ether oxygens (including phenoxy) is 1. The van der Waals surface area contributed by atoms with Gasteiger partial charge in [-0.05, 0) is 5.92 Å². The summed E-state index contributed by atoms with van der Waals surface area (Å²) in [5.74, 6) is -9.01. The summed E-state index contributed by atoms with van der Waals surface area (Å²) >= 11 is 3.52. The van der Waals surface area contributed by atoms with Crippen LogP contribution in [0.15, 0.2) is 0 Å². The van der Waals surface area contributed by atoms with E-state index in [0.29, 0.717) is 0 Å². The van der Waals surface area contributed by atoms with Crippen molar-refractivity contribution in [2.45, 2.75) is 25.9 Å². The summed E-state index contributed by atoms with van der Waals surface area (Å²) in [5.41, 5.74) is 0. The Morgan fingerprint density at radius 3 is 2.20 bits per heavy atom. The Hall–Kier alpha value is -0.850. The lowest BCUT2D eigenvalue weighted by Crippen LogP contribution is -2.53. The lowest BCUT2D eigenvalue weighted by atomic mass is 10.0. The highest BCUT2D eigenvalue weighted by Crippen LogP contribution is 2.26. The summed E-state index contributed by atoms with van der Waals surface area (Å²) in [6.45, 7) is 2.63. The average Bonchev–Trinajstić information content (AvgIpc) is 2.12. The summed E-state index contributed by atoms with van der Waals surface area (Å²) in [5, 5.41) is 10.2. The molecule has 1 atom stereocenters. The summed E-state index contributed by atoms with van der Waals surface area (Å²) in [4.78, 5) is 20.9. The molecule has 0 bridgehead atoms.